The fraction of sp³-hybridized carbons (Fsp3) is 0.458. The molecule has 1 fully saturated rings. The van der Waals surface area contributed by atoms with Gasteiger partial charge >= 0.3 is 0 Å². The van der Waals surface area contributed by atoms with E-state index >= 15 is 0 Å². The van der Waals surface area contributed by atoms with Crippen molar-refractivity contribution in [3.8, 4) is 11.4 Å². The number of aromatic amines is 1. The first-order valence-corrected chi connectivity index (χ1v) is 11.3. The Kier molecular flexibility index (Phi) is 5.23. The average Bonchev–Trinajstić information content (AvgIpc) is 3.34. The third-order valence-electron chi connectivity index (χ3n) is 6.71. The highest BCUT2D eigenvalue weighted by molar-refractivity contribution is 6.34. The maximum atomic E-state index is 6.86. The van der Waals surface area contributed by atoms with E-state index in [1.54, 1.807) is 0 Å². The molecule has 2 aliphatic rings. The van der Waals surface area contributed by atoms with Crippen molar-refractivity contribution in [2.45, 2.75) is 32.1 Å². The second-order valence-corrected chi connectivity index (χ2v) is 9.03. The van der Waals surface area contributed by atoms with Gasteiger partial charge in [-0.25, -0.2) is 4.98 Å². The average molecular weight is 409 g/mol. The van der Waals surface area contributed by atoms with Crippen LogP contribution in [0.1, 0.15) is 31.2 Å². The number of piperidine rings is 1. The Bertz CT molecular complexity index is 970. The zero-order valence-corrected chi connectivity index (χ0v) is 17.9. The molecule has 0 radical (unpaired) electrons. The van der Waals surface area contributed by atoms with Gasteiger partial charge in [-0.05, 0) is 88.0 Å². The highest BCUT2D eigenvalue weighted by atomic mass is 35.5. The van der Waals surface area contributed by atoms with Crippen molar-refractivity contribution in [1.82, 2.24) is 14.9 Å². The van der Waals surface area contributed by atoms with Crippen molar-refractivity contribution in [2.24, 2.45) is 5.92 Å². The van der Waals surface area contributed by atoms with Crippen molar-refractivity contribution < 1.29 is 0 Å². The first kappa shape index (κ1) is 19.0. The minimum Gasteiger partial charge on any atom is -0.371 e. The first-order chi connectivity index (χ1) is 14.2. The molecule has 1 N–H and O–H groups in total. The summed E-state index contributed by atoms with van der Waals surface area (Å²) in [5.74, 6) is 1.77. The Morgan fingerprint density at radius 2 is 1.93 bits per heavy atom. The van der Waals surface area contributed by atoms with Crippen LogP contribution in [0.2, 0.25) is 5.02 Å². The Hall–Kier alpha value is -2.04. The molecular formula is C24H29ClN4. The van der Waals surface area contributed by atoms with Crippen LogP contribution >= 0.6 is 11.6 Å². The van der Waals surface area contributed by atoms with Crippen LogP contribution in [0.3, 0.4) is 0 Å². The van der Waals surface area contributed by atoms with E-state index in [1.807, 2.05) is 18.2 Å². The van der Waals surface area contributed by atoms with Crippen molar-refractivity contribution in [3.63, 3.8) is 0 Å². The molecule has 0 spiro atoms. The summed E-state index contributed by atoms with van der Waals surface area (Å²) in [5.41, 5.74) is 5.64. The number of rotatable bonds is 5. The fourth-order valence-electron chi connectivity index (χ4n) is 4.93. The van der Waals surface area contributed by atoms with Crippen LogP contribution in [-0.2, 0) is 6.42 Å². The smallest absolute Gasteiger partial charge is 0.140 e. The van der Waals surface area contributed by atoms with E-state index in [4.69, 9.17) is 16.6 Å². The lowest BCUT2D eigenvalue weighted by molar-refractivity contribution is 0.211. The van der Waals surface area contributed by atoms with Crippen LogP contribution in [0.15, 0.2) is 36.4 Å². The number of fused-ring (bicyclic) bond motifs is 2. The van der Waals surface area contributed by atoms with Gasteiger partial charge in [0.25, 0.3) is 0 Å². The number of nitrogens with one attached hydrogen (secondary N) is 1. The quantitative estimate of drug-likeness (QED) is 0.616. The highest BCUT2D eigenvalue weighted by Crippen LogP contribution is 2.39. The summed E-state index contributed by atoms with van der Waals surface area (Å²) < 4.78 is 0. The Labute approximate surface area is 177 Å². The van der Waals surface area contributed by atoms with E-state index < -0.39 is 0 Å². The summed E-state index contributed by atoms with van der Waals surface area (Å²) in [4.78, 5) is 13.1. The molecule has 2 aliphatic heterocycles. The topological polar surface area (TPSA) is 35.2 Å². The molecule has 1 aromatic heterocycles. The van der Waals surface area contributed by atoms with Gasteiger partial charge in [0.2, 0.25) is 0 Å². The summed E-state index contributed by atoms with van der Waals surface area (Å²) in [6, 6.07) is 12.5. The van der Waals surface area contributed by atoms with E-state index in [0.29, 0.717) is 0 Å². The monoisotopic (exact) mass is 408 g/mol. The van der Waals surface area contributed by atoms with Gasteiger partial charge in [0.1, 0.15) is 5.82 Å². The minimum atomic E-state index is 0.861. The molecule has 4 nitrogen and oxygen atoms in total. The molecule has 0 unspecified atom stereocenters. The largest absolute Gasteiger partial charge is 0.371 e. The second kappa shape index (κ2) is 8.00. The van der Waals surface area contributed by atoms with Gasteiger partial charge in [-0.1, -0.05) is 23.7 Å². The van der Waals surface area contributed by atoms with Crippen LogP contribution in [0.5, 0.6) is 0 Å². The summed E-state index contributed by atoms with van der Waals surface area (Å²) in [6.07, 6.45) is 6.37. The van der Waals surface area contributed by atoms with Crippen LogP contribution in [0, 0.1) is 5.92 Å². The highest BCUT2D eigenvalue weighted by Gasteiger charge is 2.24. The molecule has 0 atom stereocenters. The van der Waals surface area contributed by atoms with E-state index in [1.165, 1.54) is 50.0 Å². The summed E-state index contributed by atoms with van der Waals surface area (Å²) in [6.45, 7) is 4.74. The predicted octanol–water partition coefficient (Wildman–Crippen LogP) is 5.37. The third-order valence-corrected chi connectivity index (χ3v) is 7.15. The normalized spacial score (nSPS) is 17.9. The molecule has 3 heterocycles. The maximum Gasteiger partial charge on any atom is 0.140 e. The number of halogens is 1. The predicted molar refractivity (Wildman–Crippen MR) is 122 cm³/mol. The van der Waals surface area contributed by atoms with Gasteiger partial charge in [0.05, 0.1) is 16.1 Å². The number of aromatic nitrogens is 2. The van der Waals surface area contributed by atoms with Gasteiger partial charge in [0, 0.05) is 24.3 Å². The Morgan fingerprint density at radius 1 is 1.10 bits per heavy atom. The van der Waals surface area contributed by atoms with E-state index in [-0.39, 0.29) is 0 Å². The number of imidazole rings is 1. The fourth-order valence-corrected chi connectivity index (χ4v) is 5.27. The maximum absolute atomic E-state index is 6.86. The zero-order valence-electron chi connectivity index (χ0n) is 17.1. The number of anilines is 1. The second-order valence-electron chi connectivity index (χ2n) is 8.65. The van der Waals surface area contributed by atoms with Crippen LogP contribution in [-0.4, -0.2) is 48.1 Å². The van der Waals surface area contributed by atoms with E-state index in [0.717, 1.165) is 52.9 Å². The Morgan fingerprint density at radius 3 is 2.76 bits per heavy atom. The molecule has 0 amide bonds. The van der Waals surface area contributed by atoms with Crippen molar-refractivity contribution >= 4 is 28.3 Å². The third kappa shape index (κ3) is 3.76. The number of para-hydroxylation sites is 2. The van der Waals surface area contributed by atoms with Gasteiger partial charge < -0.3 is 14.8 Å². The van der Waals surface area contributed by atoms with Gasteiger partial charge in [-0.15, -0.1) is 0 Å². The molecule has 3 aromatic rings. The Balaban J connectivity index is 1.28. The van der Waals surface area contributed by atoms with Crippen molar-refractivity contribution in [2.75, 3.05) is 38.1 Å². The molecule has 1 saturated heterocycles. The van der Waals surface area contributed by atoms with Crippen molar-refractivity contribution in [1.29, 1.82) is 0 Å². The summed E-state index contributed by atoms with van der Waals surface area (Å²) in [7, 11) is 2.24. The van der Waals surface area contributed by atoms with Crippen LogP contribution in [0.4, 0.5) is 5.69 Å². The van der Waals surface area contributed by atoms with Gasteiger partial charge in [-0.3, -0.25) is 0 Å². The van der Waals surface area contributed by atoms with Crippen molar-refractivity contribution in [3.05, 3.63) is 47.0 Å². The van der Waals surface area contributed by atoms with Gasteiger partial charge in [-0.2, -0.15) is 0 Å². The molecular weight excluding hydrogens is 380 g/mol. The molecule has 0 aliphatic carbocycles. The van der Waals surface area contributed by atoms with E-state index in [2.05, 4.69) is 40.0 Å². The minimum absolute atomic E-state index is 0.861. The summed E-state index contributed by atoms with van der Waals surface area (Å²) in [5, 5.41) is 0.861. The molecule has 0 bridgehead atoms. The summed E-state index contributed by atoms with van der Waals surface area (Å²) >= 11 is 6.86. The molecule has 0 saturated carbocycles. The zero-order chi connectivity index (χ0) is 19.8. The standard InChI is InChI=1S/C24H29ClN4/c1-28-14-10-17(11-15-28)5-4-13-29-16-12-18-22(29)9-8-19(23(18)25)24-26-20-6-2-3-7-21(20)27-24/h2-3,6-9,17H,4-5,10-16H2,1H3,(H,26,27). The number of benzene rings is 2. The molecule has 5 rings (SSSR count). The van der Waals surface area contributed by atoms with Gasteiger partial charge in [0.15, 0.2) is 0 Å². The SMILES string of the molecule is CN1CCC(CCCN2CCc3c2ccc(-c2nc4ccccc4[nH]2)c3Cl)CC1. The lowest BCUT2D eigenvalue weighted by atomic mass is 9.92. The van der Waals surface area contributed by atoms with Crippen LogP contribution in [0.25, 0.3) is 22.4 Å². The lowest BCUT2D eigenvalue weighted by Crippen LogP contribution is -2.30. The molecule has 29 heavy (non-hydrogen) atoms. The number of nitrogens with zero attached hydrogens (tertiary/aromatic N) is 3. The number of hydrogen-bond acceptors (Lipinski definition) is 3. The number of H-pyrrole nitrogens is 1. The molecule has 2 aromatic carbocycles. The number of hydrogen-bond donors (Lipinski definition) is 1. The van der Waals surface area contributed by atoms with E-state index in [9.17, 15) is 0 Å². The first-order valence-electron chi connectivity index (χ1n) is 10.9. The molecule has 5 heteroatoms. The lowest BCUT2D eigenvalue weighted by Gasteiger charge is -2.29. The number of likely N-dealkylation sites (tertiary alicyclic amines) is 1. The molecule has 152 valence electrons. The van der Waals surface area contributed by atoms with Crippen LogP contribution < -0.4 is 4.90 Å².